The van der Waals surface area contributed by atoms with E-state index in [1.54, 1.807) is 0 Å². The second kappa shape index (κ2) is 14.8. The van der Waals surface area contributed by atoms with Crippen LogP contribution in [-0.4, -0.2) is 76.3 Å². The molecule has 0 saturated carbocycles. The lowest BCUT2D eigenvalue weighted by Crippen LogP contribution is -2.29. The Morgan fingerprint density at radius 3 is 1.58 bits per heavy atom. The zero-order valence-electron chi connectivity index (χ0n) is 17.8. The minimum atomic E-state index is -0.610. The Morgan fingerprint density at radius 2 is 1.12 bits per heavy atom. The molecule has 0 heterocycles. The predicted molar refractivity (Wildman–Crippen MR) is 104 cm³/mol. The Balaban J connectivity index is 3.20. The van der Waals surface area contributed by atoms with Gasteiger partial charge in [0.05, 0.1) is 58.5 Å². The van der Waals surface area contributed by atoms with Crippen LogP contribution in [0.1, 0.15) is 54.4 Å². The highest BCUT2D eigenvalue weighted by Gasteiger charge is 2.13. The third-order valence-corrected chi connectivity index (χ3v) is 3.35. The molecule has 6 heteroatoms. The van der Waals surface area contributed by atoms with Crippen LogP contribution in [0.25, 0.3) is 0 Å². The number of aliphatic hydroxyl groups is 1. The maximum Gasteiger partial charge on any atom is 0.101 e. The van der Waals surface area contributed by atoms with Crippen molar-refractivity contribution >= 4 is 0 Å². The average molecular weight is 379 g/mol. The number of rotatable bonds is 16. The van der Waals surface area contributed by atoms with Gasteiger partial charge in [0.15, 0.2) is 0 Å². The van der Waals surface area contributed by atoms with Crippen LogP contribution in [0.2, 0.25) is 0 Å². The molecule has 1 atom stereocenters. The fraction of sp³-hybridized carbons (Fsp3) is 1.00. The van der Waals surface area contributed by atoms with Crippen molar-refractivity contribution in [2.45, 2.75) is 66.1 Å². The molecule has 158 valence electrons. The molecule has 0 amide bonds. The first-order valence-corrected chi connectivity index (χ1v) is 9.73. The Kier molecular flexibility index (Phi) is 14.6. The normalized spacial score (nSPS) is 14.0. The van der Waals surface area contributed by atoms with Crippen LogP contribution in [0, 0.1) is 5.41 Å². The monoisotopic (exact) mass is 378 g/mol. The van der Waals surface area contributed by atoms with Crippen molar-refractivity contribution in [3.63, 3.8) is 0 Å². The zero-order valence-corrected chi connectivity index (χ0v) is 17.8. The minimum Gasteiger partial charge on any atom is -0.388 e. The van der Waals surface area contributed by atoms with E-state index in [-0.39, 0.29) is 18.8 Å². The van der Waals surface area contributed by atoms with Gasteiger partial charge in [-0.1, -0.05) is 20.8 Å². The number of hydrogen-bond donors (Lipinski definition) is 1. The van der Waals surface area contributed by atoms with Crippen LogP contribution in [-0.2, 0) is 23.7 Å². The van der Waals surface area contributed by atoms with Gasteiger partial charge in [-0.2, -0.15) is 0 Å². The zero-order chi connectivity index (χ0) is 19.9. The summed E-state index contributed by atoms with van der Waals surface area (Å²) < 4.78 is 27.2. The van der Waals surface area contributed by atoms with E-state index in [0.717, 1.165) is 13.0 Å². The molecule has 0 aromatic heterocycles. The van der Waals surface area contributed by atoms with E-state index in [9.17, 15) is 5.11 Å². The Labute approximate surface area is 160 Å². The number of hydrogen-bond acceptors (Lipinski definition) is 6. The van der Waals surface area contributed by atoms with E-state index >= 15 is 0 Å². The lowest BCUT2D eigenvalue weighted by molar-refractivity contribution is -0.0766. The highest BCUT2D eigenvalue weighted by molar-refractivity contribution is 4.62. The van der Waals surface area contributed by atoms with Gasteiger partial charge >= 0.3 is 0 Å². The summed E-state index contributed by atoms with van der Waals surface area (Å²) in [5, 5.41) is 9.71. The van der Waals surface area contributed by atoms with Crippen LogP contribution >= 0.6 is 0 Å². The van der Waals surface area contributed by atoms with Crippen LogP contribution < -0.4 is 0 Å². The smallest absolute Gasteiger partial charge is 0.101 e. The molecule has 0 rings (SSSR count). The molecule has 6 nitrogen and oxygen atoms in total. The molecular formula is C20H42O6. The van der Waals surface area contributed by atoms with Crippen LogP contribution in [0.3, 0.4) is 0 Å². The first-order valence-electron chi connectivity index (χ1n) is 9.73. The van der Waals surface area contributed by atoms with Crippen molar-refractivity contribution in [1.29, 1.82) is 0 Å². The van der Waals surface area contributed by atoms with E-state index in [1.165, 1.54) is 6.42 Å². The van der Waals surface area contributed by atoms with E-state index in [2.05, 4.69) is 20.8 Å². The summed E-state index contributed by atoms with van der Waals surface area (Å²) in [6.07, 6.45) is 1.65. The van der Waals surface area contributed by atoms with Crippen molar-refractivity contribution in [2.24, 2.45) is 5.41 Å². The molecule has 1 N–H and O–H groups in total. The highest BCUT2D eigenvalue weighted by atomic mass is 16.6. The van der Waals surface area contributed by atoms with Crippen molar-refractivity contribution in [3.05, 3.63) is 0 Å². The molecule has 0 aliphatic carbocycles. The SMILES string of the molecule is CC(C)(C)CCCOCCOCCOCCOCC(O)COC(C)(C)C. The van der Waals surface area contributed by atoms with Gasteiger partial charge < -0.3 is 28.8 Å². The van der Waals surface area contributed by atoms with Crippen molar-refractivity contribution < 1.29 is 28.8 Å². The highest BCUT2D eigenvalue weighted by Crippen LogP contribution is 2.20. The van der Waals surface area contributed by atoms with Crippen molar-refractivity contribution in [3.8, 4) is 0 Å². The summed E-state index contributed by atoms with van der Waals surface area (Å²) in [5.41, 5.74) is 0.126. The minimum absolute atomic E-state index is 0.248. The topological polar surface area (TPSA) is 66.4 Å². The Bertz CT molecular complexity index is 308. The second-order valence-electron chi connectivity index (χ2n) is 8.65. The summed E-state index contributed by atoms with van der Waals surface area (Å²) in [5.74, 6) is 0. The van der Waals surface area contributed by atoms with Crippen LogP contribution in [0.4, 0.5) is 0 Å². The number of aliphatic hydroxyl groups excluding tert-OH is 1. The molecule has 0 spiro atoms. The summed E-state index contributed by atoms with van der Waals surface area (Å²) >= 11 is 0. The van der Waals surface area contributed by atoms with Crippen molar-refractivity contribution in [2.75, 3.05) is 59.5 Å². The molecule has 1 unspecified atom stereocenters. The lowest BCUT2D eigenvalue weighted by atomic mass is 9.91. The van der Waals surface area contributed by atoms with Gasteiger partial charge in [0, 0.05) is 6.61 Å². The van der Waals surface area contributed by atoms with E-state index in [0.29, 0.717) is 45.1 Å². The molecule has 0 bridgehead atoms. The van der Waals surface area contributed by atoms with Gasteiger partial charge in [-0.3, -0.25) is 0 Å². The lowest BCUT2D eigenvalue weighted by Gasteiger charge is -2.21. The fourth-order valence-electron chi connectivity index (χ4n) is 1.98. The van der Waals surface area contributed by atoms with Crippen LogP contribution in [0.5, 0.6) is 0 Å². The Hall–Kier alpha value is -0.240. The second-order valence-corrected chi connectivity index (χ2v) is 8.65. The summed E-state index contributed by atoms with van der Waals surface area (Å²) in [4.78, 5) is 0. The summed E-state index contributed by atoms with van der Waals surface area (Å²) in [6, 6.07) is 0. The first kappa shape index (κ1) is 25.8. The maximum atomic E-state index is 9.71. The van der Waals surface area contributed by atoms with Crippen molar-refractivity contribution in [1.82, 2.24) is 0 Å². The molecule has 0 fully saturated rings. The van der Waals surface area contributed by atoms with Gasteiger partial charge in [-0.05, 0) is 39.0 Å². The van der Waals surface area contributed by atoms with Gasteiger partial charge in [0.2, 0.25) is 0 Å². The van der Waals surface area contributed by atoms with Gasteiger partial charge in [0.1, 0.15) is 6.10 Å². The fourth-order valence-corrected chi connectivity index (χ4v) is 1.98. The van der Waals surface area contributed by atoms with E-state index in [4.69, 9.17) is 23.7 Å². The largest absolute Gasteiger partial charge is 0.388 e. The van der Waals surface area contributed by atoms with Gasteiger partial charge in [-0.15, -0.1) is 0 Å². The maximum absolute atomic E-state index is 9.71. The standard InChI is InChI=1S/C20H42O6/c1-19(2,3)8-7-9-22-10-11-23-12-13-24-14-15-25-16-18(21)17-26-20(4,5)6/h18,21H,7-17H2,1-6H3. The third kappa shape index (κ3) is 21.8. The molecule has 0 aromatic carbocycles. The predicted octanol–water partition coefficient (Wildman–Crippen LogP) is 3.06. The Morgan fingerprint density at radius 1 is 0.654 bits per heavy atom. The number of ether oxygens (including phenoxy) is 5. The van der Waals surface area contributed by atoms with E-state index in [1.807, 2.05) is 20.8 Å². The molecule has 0 aliphatic heterocycles. The molecular weight excluding hydrogens is 336 g/mol. The average Bonchev–Trinajstić information content (AvgIpc) is 2.51. The summed E-state index contributed by atoms with van der Waals surface area (Å²) in [6.45, 7) is 17.1. The quantitative estimate of drug-likeness (QED) is 0.416. The molecule has 0 aliphatic rings. The van der Waals surface area contributed by atoms with Gasteiger partial charge in [-0.25, -0.2) is 0 Å². The first-order chi connectivity index (χ1) is 12.1. The molecule has 0 radical (unpaired) electrons. The third-order valence-electron chi connectivity index (χ3n) is 3.35. The van der Waals surface area contributed by atoms with E-state index < -0.39 is 6.10 Å². The molecule has 0 saturated heterocycles. The van der Waals surface area contributed by atoms with Gasteiger partial charge in [0.25, 0.3) is 0 Å². The summed E-state index contributed by atoms with van der Waals surface area (Å²) in [7, 11) is 0. The molecule has 26 heavy (non-hydrogen) atoms. The van der Waals surface area contributed by atoms with Crippen LogP contribution in [0.15, 0.2) is 0 Å². The molecule has 0 aromatic rings.